The topological polar surface area (TPSA) is 52.3 Å². The van der Waals surface area contributed by atoms with Gasteiger partial charge in [-0.1, -0.05) is 36.4 Å². The third-order valence-corrected chi connectivity index (χ3v) is 6.30. The Labute approximate surface area is 190 Å². The van der Waals surface area contributed by atoms with Gasteiger partial charge in [0.15, 0.2) is 5.65 Å². The minimum atomic E-state index is -0.115. The number of halogens is 1. The lowest BCUT2D eigenvalue weighted by molar-refractivity contribution is 0.342. The zero-order valence-electron chi connectivity index (χ0n) is 18.0. The summed E-state index contributed by atoms with van der Waals surface area (Å²) < 4.78 is 8.66. The van der Waals surface area contributed by atoms with Crippen molar-refractivity contribution in [2.24, 2.45) is 7.05 Å². The molecule has 0 unspecified atom stereocenters. The third-order valence-electron chi connectivity index (χ3n) is 6.06. The second-order valence-electron chi connectivity index (χ2n) is 8.06. The van der Waals surface area contributed by atoms with Gasteiger partial charge in [-0.05, 0) is 47.0 Å². The van der Waals surface area contributed by atoms with Gasteiger partial charge in [0.25, 0.3) is 0 Å². The summed E-state index contributed by atoms with van der Waals surface area (Å²) in [7, 11) is 3.44. The van der Waals surface area contributed by atoms with Crippen molar-refractivity contribution < 1.29 is 4.74 Å². The smallest absolute Gasteiger partial charge is 0.330 e. The maximum absolute atomic E-state index is 13.0. The molecule has 0 aliphatic carbocycles. The number of aromatic nitrogens is 3. The highest BCUT2D eigenvalue weighted by atomic mass is 35.5. The van der Waals surface area contributed by atoms with Crippen LogP contribution in [0.1, 0.15) is 11.1 Å². The number of allylic oxidation sites excluding steroid dienone is 1. The Morgan fingerprint density at radius 2 is 1.94 bits per heavy atom. The number of pyridine rings is 1. The van der Waals surface area contributed by atoms with E-state index in [0.29, 0.717) is 17.2 Å². The summed E-state index contributed by atoms with van der Waals surface area (Å²) in [5, 5.41) is 0.662. The SMILES string of the molecule is C=C(Cn1c(=O)n(C)c2cc(-c3cccc(Cl)c3)cnc21)N1Cc2ccc(OC)cc2C1. The molecule has 7 heteroatoms. The number of methoxy groups -OCH3 is 1. The van der Waals surface area contributed by atoms with Crippen molar-refractivity contribution >= 4 is 22.8 Å². The van der Waals surface area contributed by atoms with Gasteiger partial charge in [-0.25, -0.2) is 9.78 Å². The Morgan fingerprint density at radius 1 is 1.12 bits per heavy atom. The Balaban J connectivity index is 1.44. The molecule has 0 saturated heterocycles. The summed E-state index contributed by atoms with van der Waals surface area (Å²) in [4.78, 5) is 19.9. The Morgan fingerprint density at radius 3 is 2.72 bits per heavy atom. The van der Waals surface area contributed by atoms with Crippen LogP contribution in [0.5, 0.6) is 5.75 Å². The fourth-order valence-corrected chi connectivity index (χ4v) is 4.44. The summed E-state index contributed by atoms with van der Waals surface area (Å²) in [6.07, 6.45) is 1.78. The second kappa shape index (κ2) is 7.88. The molecule has 2 aromatic heterocycles. The lowest BCUT2D eigenvalue weighted by Gasteiger charge is -2.20. The molecule has 0 fully saturated rings. The van der Waals surface area contributed by atoms with E-state index in [0.717, 1.165) is 41.2 Å². The Bertz CT molecular complexity index is 1420. The highest BCUT2D eigenvalue weighted by Gasteiger charge is 2.22. The van der Waals surface area contributed by atoms with E-state index in [1.807, 2.05) is 36.4 Å². The van der Waals surface area contributed by atoms with Crippen molar-refractivity contribution in [3.05, 3.63) is 93.6 Å². The van der Waals surface area contributed by atoms with E-state index < -0.39 is 0 Å². The van der Waals surface area contributed by atoms with Crippen molar-refractivity contribution in [2.45, 2.75) is 19.6 Å². The van der Waals surface area contributed by atoms with Crippen LogP contribution in [-0.2, 0) is 26.7 Å². The van der Waals surface area contributed by atoms with E-state index in [1.165, 1.54) is 11.1 Å². The summed E-state index contributed by atoms with van der Waals surface area (Å²) >= 11 is 6.14. The molecule has 32 heavy (non-hydrogen) atoms. The molecule has 0 amide bonds. The maximum Gasteiger partial charge on any atom is 0.330 e. The third kappa shape index (κ3) is 3.46. The van der Waals surface area contributed by atoms with Crippen molar-refractivity contribution in [2.75, 3.05) is 7.11 Å². The molecular formula is C25H23ClN4O2. The van der Waals surface area contributed by atoms with Gasteiger partial charge in [0, 0.05) is 42.6 Å². The average molecular weight is 447 g/mol. The first-order chi connectivity index (χ1) is 15.4. The van der Waals surface area contributed by atoms with Crippen LogP contribution in [0.15, 0.2) is 71.8 Å². The van der Waals surface area contributed by atoms with Gasteiger partial charge in [-0.2, -0.15) is 0 Å². The standard InChI is InChI=1S/C25H23ClN4O2/c1-16(29-14-18-7-8-22(32-3)10-20(18)15-29)13-30-24-23(28(2)25(30)31)11-19(12-27-24)17-5-4-6-21(26)9-17/h4-12H,1,13-15H2,2-3H3. The maximum atomic E-state index is 13.0. The number of hydrogen-bond acceptors (Lipinski definition) is 4. The Kier molecular flexibility index (Phi) is 5.02. The number of benzene rings is 2. The highest BCUT2D eigenvalue weighted by molar-refractivity contribution is 6.30. The van der Waals surface area contributed by atoms with Crippen LogP contribution < -0.4 is 10.4 Å². The molecule has 162 valence electrons. The van der Waals surface area contributed by atoms with Crippen molar-refractivity contribution in [1.29, 1.82) is 0 Å². The predicted molar refractivity (Wildman–Crippen MR) is 127 cm³/mol. The average Bonchev–Trinajstić information content (AvgIpc) is 3.33. The molecule has 4 aromatic rings. The summed E-state index contributed by atoms with van der Waals surface area (Å²) in [5.74, 6) is 0.848. The summed E-state index contributed by atoms with van der Waals surface area (Å²) in [5.41, 5.74) is 6.52. The lowest BCUT2D eigenvalue weighted by Crippen LogP contribution is -2.27. The Hall–Kier alpha value is -3.51. The van der Waals surface area contributed by atoms with E-state index >= 15 is 0 Å². The van der Waals surface area contributed by atoms with Crippen LogP contribution in [0.25, 0.3) is 22.3 Å². The molecule has 1 aliphatic rings. The number of aryl methyl sites for hydroxylation is 1. The summed E-state index contributed by atoms with van der Waals surface area (Å²) in [6, 6.07) is 15.7. The largest absolute Gasteiger partial charge is 0.497 e. The highest BCUT2D eigenvalue weighted by Crippen LogP contribution is 2.30. The molecule has 5 rings (SSSR count). The molecule has 2 aromatic carbocycles. The number of rotatable bonds is 5. The summed E-state index contributed by atoms with van der Waals surface area (Å²) in [6.45, 7) is 6.17. The van der Waals surface area contributed by atoms with E-state index in [4.69, 9.17) is 16.3 Å². The minimum absolute atomic E-state index is 0.115. The number of fused-ring (bicyclic) bond motifs is 2. The number of hydrogen-bond donors (Lipinski definition) is 0. The normalized spacial score (nSPS) is 12.9. The fourth-order valence-electron chi connectivity index (χ4n) is 4.25. The molecule has 0 radical (unpaired) electrons. The van der Waals surface area contributed by atoms with Gasteiger partial charge >= 0.3 is 5.69 Å². The molecule has 0 spiro atoms. The first kappa shape index (κ1) is 20.4. The molecule has 0 bridgehead atoms. The molecular weight excluding hydrogens is 424 g/mol. The number of nitrogens with zero attached hydrogens (tertiary/aromatic N) is 4. The van der Waals surface area contributed by atoms with Crippen molar-refractivity contribution in [3.63, 3.8) is 0 Å². The number of ether oxygens (including phenoxy) is 1. The van der Waals surface area contributed by atoms with E-state index in [1.54, 1.807) is 29.5 Å². The first-order valence-electron chi connectivity index (χ1n) is 10.3. The van der Waals surface area contributed by atoms with Gasteiger partial charge in [0.2, 0.25) is 0 Å². The van der Waals surface area contributed by atoms with Crippen LogP contribution in [0.2, 0.25) is 5.02 Å². The minimum Gasteiger partial charge on any atom is -0.497 e. The zero-order valence-corrected chi connectivity index (χ0v) is 18.8. The van der Waals surface area contributed by atoms with Crippen LogP contribution in [-0.4, -0.2) is 26.1 Å². The molecule has 0 saturated carbocycles. The van der Waals surface area contributed by atoms with Gasteiger partial charge in [-0.15, -0.1) is 0 Å². The molecule has 6 nitrogen and oxygen atoms in total. The van der Waals surface area contributed by atoms with E-state index in [9.17, 15) is 4.79 Å². The van der Waals surface area contributed by atoms with Gasteiger partial charge in [0.1, 0.15) is 5.75 Å². The van der Waals surface area contributed by atoms with Crippen LogP contribution in [0.3, 0.4) is 0 Å². The van der Waals surface area contributed by atoms with Gasteiger partial charge < -0.3 is 9.64 Å². The lowest BCUT2D eigenvalue weighted by atomic mass is 10.1. The van der Waals surface area contributed by atoms with Crippen LogP contribution in [0, 0.1) is 0 Å². The van der Waals surface area contributed by atoms with E-state index in [-0.39, 0.29) is 5.69 Å². The first-order valence-corrected chi connectivity index (χ1v) is 10.7. The molecule has 1 aliphatic heterocycles. The van der Waals surface area contributed by atoms with Crippen LogP contribution in [0.4, 0.5) is 0 Å². The molecule has 0 atom stereocenters. The molecule has 3 heterocycles. The van der Waals surface area contributed by atoms with Gasteiger partial charge in [0.05, 0.1) is 19.2 Å². The van der Waals surface area contributed by atoms with Crippen molar-refractivity contribution in [3.8, 4) is 16.9 Å². The number of imidazole rings is 1. The molecule has 0 N–H and O–H groups in total. The van der Waals surface area contributed by atoms with Crippen molar-refractivity contribution in [1.82, 2.24) is 19.0 Å². The van der Waals surface area contributed by atoms with Gasteiger partial charge in [-0.3, -0.25) is 9.13 Å². The monoisotopic (exact) mass is 446 g/mol. The fraction of sp³-hybridized carbons (Fsp3) is 0.200. The van der Waals surface area contributed by atoms with Crippen LogP contribution >= 0.6 is 11.6 Å². The quantitative estimate of drug-likeness (QED) is 0.450. The van der Waals surface area contributed by atoms with E-state index in [2.05, 4.69) is 28.6 Å². The predicted octanol–water partition coefficient (Wildman–Crippen LogP) is 4.59. The zero-order chi connectivity index (χ0) is 22.4. The second-order valence-corrected chi connectivity index (χ2v) is 8.50.